The van der Waals surface area contributed by atoms with Crippen molar-refractivity contribution in [3.05, 3.63) is 106 Å². The number of nitriles is 1. The van der Waals surface area contributed by atoms with E-state index in [1.165, 1.54) is 0 Å². The van der Waals surface area contributed by atoms with Gasteiger partial charge in [0.25, 0.3) is 5.91 Å². The van der Waals surface area contributed by atoms with Crippen molar-refractivity contribution in [1.82, 2.24) is 4.90 Å². The first-order valence-corrected chi connectivity index (χ1v) is 13.5. The summed E-state index contributed by atoms with van der Waals surface area (Å²) in [7, 11) is 1.57. The number of piperazine rings is 1. The number of hydrogen-bond donors (Lipinski definition) is 0. The van der Waals surface area contributed by atoms with Crippen LogP contribution in [0.5, 0.6) is 11.5 Å². The van der Waals surface area contributed by atoms with Crippen LogP contribution < -0.4 is 14.4 Å². The largest absolute Gasteiger partial charge is 0.493 e. The van der Waals surface area contributed by atoms with Crippen LogP contribution in [0.3, 0.4) is 0 Å². The van der Waals surface area contributed by atoms with Gasteiger partial charge >= 0.3 is 0 Å². The number of nitrogens with zero attached hydrogens (tertiary/aromatic N) is 3. The van der Waals surface area contributed by atoms with Gasteiger partial charge in [-0.1, -0.05) is 76.6 Å². The van der Waals surface area contributed by atoms with Crippen molar-refractivity contribution in [3.63, 3.8) is 0 Å². The Labute approximate surface area is 236 Å². The minimum atomic E-state index is -0.271. The molecule has 39 heavy (non-hydrogen) atoms. The van der Waals surface area contributed by atoms with Crippen molar-refractivity contribution < 1.29 is 14.3 Å². The highest BCUT2D eigenvalue weighted by Gasteiger charge is 2.24. The van der Waals surface area contributed by atoms with Crippen molar-refractivity contribution in [2.24, 2.45) is 0 Å². The predicted molar refractivity (Wildman–Crippen MR) is 158 cm³/mol. The summed E-state index contributed by atoms with van der Waals surface area (Å²) < 4.78 is 12.5. The number of halogens is 1. The first-order chi connectivity index (χ1) is 19.1. The van der Waals surface area contributed by atoms with Crippen molar-refractivity contribution in [3.8, 4) is 17.6 Å². The van der Waals surface area contributed by atoms with E-state index < -0.39 is 0 Å². The number of ether oxygens (including phenoxy) is 2. The van der Waals surface area contributed by atoms with Crippen molar-refractivity contribution in [2.75, 3.05) is 38.2 Å². The summed E-state index contributed by atoms with van der Waals surface area (Å²) in [5.41, 5.74) is 2.95. The summed E-state index contributed by atoms with van der Waals surface area (Å²) in [6.07, 6.45) is 1.60. The van der Waals surface area contributed by atoms with E-state index >= 15 is 0 Å². The number of anilines is 1. The molecule has 6 nitrogen and oxygen atoms in total. The highest BCUT2D eigenvalue weighted by Crippen LogP contribution is 2.35. The molecule has 4 aromatic carbocycles. The molecule has 0 radical (unpaired) electrons. The van der Waals surface area contributed by atoms with E-state index in [4.69, 9.17) is 9.47 Å². The molecular weight excluding hydrogens is 554 g/mol. The fourth-order valence-corrected chi connectivity index (χ4v) is 5.22. The van der Waals surface area contributed by atoms with E-state index in [0.717, 1.165) is 22.0 Å². The van der Waals surface area contributed by atoms with Gasteiger partial charge in [-0.05, 0) is 52.2 Å². The molecule has 1 aliphatic heterocycles. The van der Waals surface area contributed by atoms with Crippen LogP contribution in [0.25, 0.3) is 16.8 Å². The van der Waals surface area contributed by atoms with Gasteiger partial charge in [0.2, 0.25) is 0 Å². The quantitative estimate of drug-likeness (QED) is 0.185. The number of methoxy groups -OCH3 is 1. The van der Waals surface area contributed by atoms with Gasteiger partial charge in [-0.25, -0.2) is 0 Å². The zero-order valence-corrected chi connectivity index (χ0v) is 23.2. The molecule has 0 unspecified atom stereocenters. The highest BCUT2D eigenvalue weighted by atomic mass is 79.9. The highest BCUT2D eigenvalue weighted by molar-refractivity contribution is 9.10. The number of fused-ring (bicyclic) bond motifs is 1. The summed E-state index contributed by atoms with van der Waals surface area (Å²) in [6.45, 7) is 2.91. The molecule has 0 bridgehead atoms. The molecule has 5 rings (SSSR count). The molecule has 1 heterocycles. The Bertz CT molecular complexity index is 1550. The third kappa shape index (κ3) is 5.92. The lowest BCUT2D eigenvalue weighted by molar-refractivity contribution is -0.126. The van der Waals surface area contributed by atoms with Crippen LogP contribution in [-0.4, -0.2) is 44.1 Å². The van der Waals surface area contributed by atoms with Gasteiger partial charge in [-0.2, -0.15) is 5.26 Å². The molecular formula is C32H28BrN3O3. The molecule has 196 valence electrons. The van der Waals surface area contributed by atoms with Gasteiger partial charge in [-0.15, -0.1) is 0 Å². The van der Waals surface area contributed by atoms with Gasteiger partial charge in [0.05, 0.1) is 7.11 Å². The molecule has 7 heteroatoms. The summed E-state index contributed by atoms with van der Waals surface area (Å²) in [5, 5.41) is 12.1. The van der Waals surface area contributed by atoms with Crippen LogP contribution in [-0.2, 0) is 11.4 Å². The van der Waals surface area contributed by atoms with Crippen LogP contribution >= 0.6 is 15.9 Å². The second-order valence-electron chi connectivity index (χ2n) is 9.24. The van der Waals surface area contributed by atoms with Gasteiger partial charge in [0.15, 0.2) is 11.5 Å². The Morgan fingerprint density at radius 1 is 0.949 bits per heavy atom. The zero-order valence-electron chi connectivity index (χ0n) is 21.6. The van der Waals surface area contributed by atoms with Gasteiger partial charge in [0, 0.05) is 36.3 Å². The minimum absolute atomic E-state index is 0.0790. The first kappa shape index (κ1) is 26.3. The van der Waals surface area contributed by atoms with Gasteiger partial charge in [0.1, 0.15) is 18.2 Å². The maximum Gasteiger partial charge on any atom is 0.264 e. The number of carbonyl (C=O) groups excluding carboxylic acids is 1. The summed E-state index contributed by atoms with van der Waals surface area (Å²) in [6, 6.07) is 30.2. The Hall–Kier alpha value is -4.28. The third-order valence-electron chi connectivity index (χ3n) is 6.88. The topological polar surface area (TPSA) is 65.8 Å². The number of hydrogen-bond acceptors (Lipinski definition) is 5. The van der Waals surface area contributed by atoms with E-state index in [9.17, 15) is 10.1 Å². The molecule has 0 aliphatic carbocycles. The SMILES string of the molecule is COc1cc(/C=C(/C#N)C(=O)N2CCN(c3ccccc3)CC2)c(Br)cc1OCc1cccc2ccccc12. The smallest absolute Gasteiger partial charge is 0.264 e. The van der Waals surface area contributed by atoms with Gasteiger partial charge in [-0.3, -0.25) is 4.79 Å². The lowest BCUT2D eigenvalue weighted by atomic mass is 10.1. The normalized spacial score (nSPS) is 13.7. The number of rotatable bonds is 7. The predicted octanol–water partition coefficient (Wildman–Crippen LogP) is 6.45. The van der Waals surface area contributed by atoms with E-state index in [1.54, 1.807) is 24.2 Å². The molecule has 0 spiro atoms. The number of benzene rings is 4. The Morgan fingerprint density at radius 2 is 1.67 bits per heavy atom. The molecule has 1 amide bonds. The maximum absolute atomic E-state index is 13.2. The Morgan fingerprint density at radius 3 is 2.41 bits per heavy atom. The molecule has 1 fully saturated rings. The fraction of sp³-hybridized carbons (Fsp3) is 0.188. The fourth-order valence-electron chi connectivity index (χ4n) is 4.78. The van der Waals surface area contributed by atoms with Crippen LogP contribution in [0.15, 0.2) is 95.0 Å². The van der Waals surface area contributed by atoms with Crippen molar-refractivity contribution in [2.45, 2.75) is 6.61 Å². The van der Waals surface area contributed by atoms with Crippen LogP contribution in [0.1, 0.15) is 11.1 Å². The van der Waals surface area contributed by atoms with E-state index in [-0.39, 0.29) is 11.5 Å². The van der Waals surface area contributed by atoms with Crippen LogP contribution in [0.4, 0.5) is 5.69 Å². The second kappa shape index (κ2) is 12.1. The number of carbonyl (C=O) groups is 1. The summed E-state index contributed by atoms with van der Waals surface area (Å²) in [4.78, 5) is 17.2. The molecule has 1 aliphatic rings. The Kier molecular flexibility index (Phi) is 8.14. The molecule has 0 aromatic heterocycles. The number of amides is 1. The lowest BCUT2D eigenvalue weighted by Crippen LogP contribution is -2.49. The monoisotopic (exact) mass is 581 g/mol. The van der Waals surface area contributed by atoms with Crippen LogP contribution in [0.2, 0.25) is 0 Å². The maximum atomic E-state index is 13.2. The summed E-state index contributed by atoms with van der Waals surface area (Å²) in [5.74, 6) is 0.814. The Balaban J connectivity index is 1.31. The molecule has 4 aromatic rings. The van der Waals surface area contributed by atoms with Crippen molar-refractivity contribution in [1.29, 1.82) is 5.26 Å². The average molecular weight is 582 g/mol. The van der Waals surface area contributed by atoms with E-state index in [1.807, 2.05) is 48.5 Å². The minimum Gasteiger partial charge on any atom is -0.493 e. The third-order valence-corrected chi connectivity index (χ3v) is 7.57. The standard InChI is InChI=1S/C32H28BrN3O3/c1-38-30-19-25(29(33)20-31(30)39-22-24-10-7-9-23-8-5-6-13-28(23)24)18-26(21-34)32(37)36-16-14-35(15-17-36)27-11-3-2-4-12-27/h2-13,18-20H,14-17,22H2,1H3/b26-18-. The average Bonchev–Trinajstić information content (AvgIpc) is 2.99. The summed E-state index contributed by atoms with van der Waals surface area (Å²) >= 11 is 3.59. The second-order valence-corrected chi connectivity index (χ2v) is 10.1. The number of para-hydroxylation sites is 1. The molecule has 0 saturated carbocycles. The molecule has 0 N–H and O–H groups in total. The van der Waals surface area contributed by atoms with Crippen molar-refractivity contribution >= 4 is 44.4 Å². The zero-order chi connectivity index (χ0) is 27.2. The van der Waals surface area contributed by atoms with E-state index in [0.29, 0.717) is 54.3 Å². The van der Waals surface area contributed by atoms with Crippen LogP contribution in [0, 0.1) is 11.3 Å². The lowest BCUT2D eigenvalue weighted by Gasteiger charge is -2.36. The van der Waals surface area contributed by atoms with E-state index in [2.05, 4.69) is 57.2 Å². The molecule has 1 saturated heterocycles. The molecule has 0 atom stereocenters. The van der Waals surface area contributed by atoms with Gasteiger partial charge < -0.3 is 19.3 Å². The first-order valence-electron chi connectivity index (χ1n) is 12.8.